The van der Waals surface area contributed by atoms with E-state index in [0.717, 1.165) is 28.3 Å². The quantitative estimate of drug-likeness (QED) is 0.740. The van der Waals surface area contributed by atoms with Crippen LogP contribution in [0.4, 0.5) is 0 Å². The number of carbonyl (C=O) groups is 1. The second kappa shape index (κ2) is 7.09. The van der Waals surface area contributed by atoms with Crippen molar-refractivity contribution in [2.24, 2.45) is 5.73 Å². The van der Waals surface area contributed by atoms with Gasteiger partial charge in [-0.25, -0.2) is 9.67 Å². The summed E-state index contributed by atoms with van der Waals surface area (Å²) in [5.74, 6) is 0.518. The Bertz CT molecular complexity index is 898. The van der Waals surface area contributed by atoms with Crippen molar-refractivity contribution in [3.05, 3.63) is 77.2 Å². The predicted molar refractivity (Wildman–Crippen MR) is 101 cm³/mol. The zero-order valence-electron chi connectivity index (χ0n) is 15.2. The lowest BCUT2D eigenvalue weighted by Gasteiger charge is -2.24. The van der Waals surface area contributed by atoms with Gasteiger partial charge < -0.3 is 11.1 Å². The van der Waals surface area contributed by atoms with Crippen LogP contribution in [-0.4, -0.2) is 20.7 Å². The largest absolute Gasteiger partial charge is 0.350 e. The minimum absolute atomic E-state index is 0.230. The molecule has 0 aliphatic carbocycles. The molecule has 6 heteroatoms. The number of pyridine rings is 1. The van der Waals surface area contributed by atoms with E-state index in [1.54, 1.807) is 17.8 Å². The molecule has 2 heterocycles. The number of rotatable bonds is 5. The molecule has 0 radical (unpaired) electrons. The Hall–Kier alpha value is -2.99. The molecular weight excluding hydrogens is 326 g/mol. The summed E-state index contributed by atoms with van der Waals surface area (Å²) in [4.78, 5) is 16.9. The Morgan fingerprint density at radius 1 is 1.19 bits per heavy atom. The van der Waals surface area contributed by atoms with Crippen LogP contribution in [0, 0.1) is 13.8 Å². The van der Waals surface area contributed by atoms with Crippen molar-refractivity contribution < 1.29 is 4.79 Å². The van der Waals surface area contributed by atoms with E-state index >= 15 is 0 Å². The molecule has 0 bridgehead atoms. The minimum atomic E-state index is -1.08. The molecule has 1 unspecified atom stereocenters. The Labute approximate surface area is 153 Å². The summed E-state index contributed by atoms with van der Waals surface area (Å²) >= 11 is 0. The van der Waals surface area contributed by atoms with Crippen molar-refractivity contribution in [3.63, 3.8) is 0 Å². The highest BCUT2D eigenvalue weighted by molar-refractivity contribution is 5.86. The zero-order chi connectivity index (χ0) is 18.7. The summed E-state index contributed by atoms with van der Waals surface area (Å²) in [6.45, 7) is 6.01. The SMILES string of the molecule is Cc1cc(C)n(-c2ccc(CNC(=O)C(C)(N)c3ccccc3)cn2)n1. The molecule has 0 fully saturated rings. The van der Waals surface area contributed by atoms with Gasteiger partial charge >= 0.3 is 0 Å². The number of aryl methyl sites for hydroxylation is 2. The average molecular weight is 349 g/mol. The maximum atomic E-state index is 12.5. The molecule has 6 nitrogen and oxygen atoms in total. The normalized spacial score (nSPS) is 13.2. The second-order valence-electron chi connectivity index (χ2n) is 6.61. The smallest absolute Gasteiger partial charge is 0.244 e. The van der Waals surface area contributed by atoms with Crippen molar-refractivity contribution >= 4 is 5.91 Å². The molecule has 0 saturated heterocycles. The van der Waals surface area contributed by atoms with E-state index in [1.165, 1.54) is 0 Å². The summed E-state index contributed by atoms with van der Waals surface area (Å²) in [7, 11) is 0. The molecule has 134 valence electrons. The van der Waals surface area contributed by atoms with Crippen molar-refractivity contribution in [1.82, 2.24) is 20.1 Å². The third kappa shape index (κ3) is 3.65. The van der Waals surface area contributed by atoms with Crippen LogP contribution in [0.15, 0.2) is 54.7 Å². The van der Waals surface area contributed by atoms with Crippen LogP contribution in [0.25, 0.3) is 5.82 Å². The van der Waals surface area contributed by atoms with E-state index in [0.29, 0.717) is 6.54 Å². The molecule has 0 aliphatic heterocycles. The first-order valence-corrected chi connectivity index (χ1v) is 8.49. The van der Waals surface area contributed by atoms with Gasteiger partial charge in [0.05, 0.1) is 5.69 Å². The van der Waals surface area contributed by atoms with Crippen molar-refractivity contribution in [2.45, 2.75) is 32.9 Å². The number of carbonyl (C=O) groups excluding carboxylic acids is 1. The summed E-state index contributed by atoms with van der Waals surface area (Å²) in [6, 6.07) is 15.2. The topological polar surface area (TPSA) is 85.8 Å². The third-order valence-corrected chi connectivity index (χ3v) is 4.33. The first kappa shape index (κ1) is 17.8. The van der Waals surface area contributed by atoms with Gasteiger partial charge in [0.1, 0.15) is 5.54 Å². The van der Waals surface area contributed by atoms with Crippen LogP contribution >= 0.6 is 0 Å². The van der Waals surface area contributed by atoms with E-state index in [-0.39, 0.29) is 5.91 Å². The van der Waals surface area contributed by atoms with Crippen LogP contribution < -0.4 is 11.1 Å². The lowest BCUT2D eigenvalue weighted by molar-refractivity contribution is -0.126. The standard InChI is InChI=1S/C20H23N5O/c1-14-11-15(2)25(24-14)18-10-9-16(12-22-18)13-23-19(26)20(3,21)17-7-5-4-6-8-17/h4-12H,13,21H2,1-3H3,(H,23,26). The molecule has 0 saturated carbocycles. The van der Waals surface area contributed by atoms with Crippen LogP contribution in [0.2, 0.25) is 0 Å². The van der Waals surface area contributed by atoms with Gasteiger partial charge in [-0.15, -0.1) is 0 Å². The van der Waals surface area contributed by atoms with Gasteiger partial charge in [0.2, 0.25) is 5.91 Å². The number of amides is 1. The molecule has 1 aromatic carbocycles. The van der Waals surface area contributed by atoms with Crippen molar-refractivity contribution in [3.8, 4) is 5.82 Å². The highest BCUT2D eigenvalue weighted by Crippen LogP contribution is 2.17. The average Bonchev–Trinajstić information content (AvgIpc) is 2.99. The molecule has 3 aromatic rings. The minimum Gasteiger partial charge on any atom is -0.350 e. The molecular formula is C20H23N5O. The van der Waals surface area contributed by atoms with Gasteiger partial charge in [0, 0.05) is 18.4 Å². The number of aromatic nitrogens is 3. The second-order valence-corrected chi connectivity index (χ2v) is 6.61. The number of benzene rings is 1. The molecule has 0 spiro atoms. The number of nitrogens with zero attached hydrogens (tertiary/aromatic N) is 3. The van der Waals surface area contributed by atoms with Crippen LogP contribution in [0.1, 0.15) is 29.4 Å². The number of hydrogen-bond acceptors (Lipinski definition) is 4. The van der Waals surface area contributed by atoms with Gasteiger partial charge in [-0.05, 0) is 44.0 Å². The van der Waals surface area contributed by atoms with Crippen LogP contribution in [-0.2, 0) is 16.9 Å². The van der Waals surface area contributed by atoms with E-state index in [9.17, 15) is 4.79 Å². The van der Waals surface area contributed by atoms with Crippen LogP contribution in [0.5, 0.6) is 0 Å². The van der Waals surface area contributed by atoms with Crippen molar-refractivity contribution in [1.29, 1.82) is 0 Å². The summed E-state index contributed by atoms with van der Waals surface area (Å²) in [5, 5.41) is 7.30. The summed E-state index contributed by atoms with van der Waals surface area (Å²) in [6.07, 6.45) is 1.74. The Kier molecular flexibility index (Phi) is 4.86. The van der Waals surface area contributed by atoms with Gasteiger partial charge in [-0.2, -0.15) is 5.10 Å². The lowest BCUT2D eigenvalue weighted by Crippen LogP contribution is -2.48. The van der Waals surface area contributed by atoms with Gasteiger partial charge in [-0.3, -0.25) is 4.79 Å². The first-order valence-electron chi connectivity index (χ1n) is 8.49. The first-order chi connectivity index (χ1) is 12.4. The third-order valence-electron chi connectivity index (χ3n) is 4.33. The monoisotopic (exact) mass is 349 g/mol. The Morgan fingerprint density at radius 3 is 2.50 bits per heavy atom. The van der Waals surface area contributed by atoms with Gasteiger partial charge in [0.15, 0.2) is 5.82 Å². The molecule has 3 rings (SSSR count). The predicted octanol–water partition coefficient (Wildman–Crippen LogP) is 2.37. The summed E-state index contributed by atoms with van der Waals surface area (Å²) in [5.41, 5.74) is 8.78. The molecule has 1 atom stereocenters. The maximum Gasteiger partial charge on any atom is 0.244 e. The number of hydrogen-bond donors (Lipinski definition) is 2. The van der Waals surface area contributed by atoms with Crippen molar-refractivity contribution in [2.75, 3.05) is 0 Å². The Balaban J connectivity index is 1.66. The zero-order valence-corrected chi connectivity index (χ0v) is 15.2. The number of nitrogens with two attached hydrogens (primary N) is 1. The van der Waals surface area contributed by atoms with E-state index < -0.39 is 5.54 Å². The molecule has 26 heavy (non-hydrogen) atoms. The highest BCUT2D eigenvalue weighted by atomic mass is 16.2. The Morgan fingerprint density at radius 2 is 1.92 bits per heavy atom. The molecule has 2 aromatic heterocycles. The summed E-state index contributed by atoms with van der Waals surface area (Å²) < 4.78 is 1.80. The van der Waals surface area contributed by atoms with Crippen LogP contribution in [0.3, 0.4) is 0 Å². The fourth-order valence-corrected chi connectivity index (χ4v) is 2.79. The fraction of sp³-hybridized carbons (Fsp3) is 0.250. The molecule has 0 aliphatic rings. The van der Waals surface area contributed by atoms with Gasteiger partial charge in [-0.1, -0.05) is 36.4 Å². The van der Waals surface area contributed by atoms with E-state index in [2.05, 4.69) is 15.4 Å². The molecule has 1 amide bonds. The fourth-order valence-electron chi connectivity index (χ4n) is 2.79. The molecule has 3 N–H and O–H groups in total. The van der Waals surface area contributed by atoms with E-state index in [4.69, 9.17) is 5.73 Å². The highest BCUT2D eigenvalue weighted by Gasteiger charge is 2.29. The maximum absolute atomic E-state index is 12.5. The lowest BCUT2D eigenvalue weighted by atomic mass is 9.92. The number of nitrogens with one attached hydrogen (secondary N) is 1. The van der Waals surface area contributed by atoms with Gasteiger partial charge in [0.25, 0.3) is 0 Å². The van der Waals surface area contributed by atoms with E-state index in [1.807, 2.05) is 62.4 Å².